The first kappa shape index (κ1) is 15.7. The van der Waals surface area contributed by atoms with Crippen LogP contribution < -0.4 is 5.32 Å². The Kier molecular flexibility index (Phi) is 4.43. The van der Waals surface area contributed by atoms with E-state index in [2.05, 4.69) is 20.4 Å². The summed E-state index contributed by atoms with van der Waals surface area (Å²) in [4.78, 5) is 18.4. The molecule has 122 valence electrons. The molecule has 1 aliphatic rings. The standard InChI is InChI=1S/C17H22N4O2/c1-11(17-18-12(2)20-23-17)21(3)10-13-4-6-14(7-5-13)16(22)19-15-8-9-15/h4-7,11,15H,8-10H2,1-3H3,(H,19,22). The van der Waals surface area contributed by atoms with Gasteiger partial charge in [0.05, 0.1) is 6.04 Å². The maximum absolute atomic E-state index is 12.0. The minimum absolute atomic E-state index is 0.0158. The van der Waals surface area contributed by atoms with Crippen LogP contribution in [0.15, 0.2) is 28.8 Å². The number of aryl methyl sites for hydroxylation is 1. The van der Waals surface area contributed by atoms with Gasteiger partial charge in [-0.15, -0.1) is 0 Å². The van der Waals surface area contributed by atoms with Crippen LogP contribution in [0.1, 0.15) is 53.4 Å². The van der Waals surface area contributed by atoms with E-state index in [9.17, 15) is 4.79 Å². The van der Waals surface area contributed by atoms with E-state index in [1.165, 1.54) is 0 Å². The molecule has 1 amide bonds. The fourth-order valence-electron chi connectivity index (χ4n) is 2.35. The molecule has 1 N–H and O–H groups in total. The van der Waals surface area contributed by atoms with Crippen LogP contribution >= 0.6 is 0 Å². The minimum atomic E-state index is 0.0158. The number of carbonyl (C=O) groups is 1. The first-order chi connectivity index (χ1) is 11.0. The van der Waals surface area contributed by atoms with E-state index in [0.29, 0.717) is 23.3 Å². The quantitative estimate of drug-likeness (QED) is 0.887. The normalized spacial score (nSPS) is 15.7. The van der Waals surface area contributed by atoms with E-state index < -0.39 is 0 Å². The second kappa shape index (κ2) is 6.50. The fraction of sp³-hybridized carbons (Fsp3) is 0.471. The number of hydrogen-bond donors (Lipinski definition) is 1. The predicted octanol–water partition coefficient (Wildman–Crippen LogP) is 2.46. The number of amides is 1. The number of carbonyl (C=O) groups excluding carboxylic acids is 1. The first-order valence-corrected chi connectivity index (χ1v) is 7.93. The number of aromatic nitrogens is 2. The number of hydrogen-bond acceptors (Lipinski definition) is 5. The zero-order valence-electron chi connectivity index (χ0n) is 13.7. The van der Waals surface area contributed by atoms with Gasteiger partial charge in [-0.05, 0) is 51.4 Å². The molecule has 0 aliphatic heterocycles. The molecule has 1 unspecified atom stereocenters. The summed E-state index contributed by atoms with van der Waals surface area (Å²) in [5, 5.41) is 6.83. The highest BCUT2D eigenvalue weighted by Crippen LogP contribution is 2.21. The van der Waals surface area contributed by atoms with Gasteiger partial charge in [-0.2, -0.15) is 4.98 Å². The third kappa shape index (κ3) is 3.96. The van der Waals surface area contributed by atoms with Crippen LogP contribution in [0, 0.1) is 6.92 Å². The van der Waals surface area contributed by atoms with Crippen molar-refractivity contribution in [1.82, 2.24) is 20.4 Å². The molecule has 1 aromatic heterocycles. The third-order valence-electron chi connectivity index (χ3n) is 4.12. The van der Waals surface area contributed by atoms with Gasteiger partial charge in [0.1, 0.15) is 0 Å². The van der Waals surface area contributed by atoms with Gasteiger partial charge in [0.2, 0.25) is 5.89 Å². The van der Waals surface area contributed by atoms with E-state index in [1.54, 1.807) is 0 Å². The van der Waals surface area contributed by atoms with Gasteiger partial charge in [-0.1, -0.05) is 17.3 Å². The zero-order chi connectivity index (χ0) is 16.4. The van der Waals surface area contributed by atoms with Crippen molar-refractivity contribution in [2.24, 2.45) is 0 Å². The van der Waals surface area contributed by atoms with Gasteiger partial charge in [-0.3, -0.25) is 9.69 Å². The van der Waals surface area contributed by atoms with Gasteiger partial charge in [0, 0.05) is 18.2 Å². The minimum Gasteiger partial charge on any atom is -0.349 e. The van der Waals surface area contributed by atoms with Crippen molar-refractivity contribution in [2.75, 3.05) is 7.05 Å². The lowest BCUT2D eigenvalue weighted by molar-refractivity contribution is 0.0951. The van der Waals surface area contributed by atoms with Crippen molar-refractivity contribution in [3.8, 4) is 0 Å². The van der Waals surface area contributed by atoms with Crippen LogP contribution in [0.3, 0.4) is 0 Å². The lowest BCUT2D eigenvalue weighted by Gasteiger charge is -2.21. The van der Waals surface area contributed by atoms with Crippen molar-refractivity contribution in [2.45, 2.75) is 45.3 Å². The second-order valence-corrected chi connectivity index (χ2v) is 6.22. The summed E-state index contributed by atoms with van der Waals surface area (Å²) >= 11 is 0. The maximum atomic E-state index is 12.0. The summed E-state index contributed by atoms with van der Waals surface area (Å²) in [6.07, 6.45) is 2.20. The molecule has 1 saturated carbocycles. The Balaban J connectivity index is 1.59. The Hall–Kier alpha value is -2.21. The smallest absolute Gasteiger partial charge is 0.251 e. The molecule has 1 fully saturated rings. The molecule has 2 aromatic rings. The predicted molar refractivity (Wildman–Crippen MR) is 85.8 cm³/mol. The summed E-state index contributed by atoms with van der Waals surface area (Å²) in [5.41, 5.74) is 1.85. The molecule has 1 atom stereocenters. The topological polar surface area (TPSA) is 71.3 Å². The lowest BCUT2D eigenvalue weighted by atomic mass is 10.1. The van der Waals surface area contributed by atoms with Crippen molar-refractivity contribution >= 4 is 5.91 Å². The zero-order valence-corrected chi connectivity index (χ0v) is 13.7. The highest BCUT2D eigenvalue weighted by Gasteiger charge is 2.23. The van der Waals surface area contributed by atoms with E-state index in [0.717, 1.165) is 24.9 Å². The second-order valence-electron chi connectivity index (χ2n) is 6.22. The highest BCUT2D eigenvalue weighted by molar-refractivity contribution is 5.94. The Morgan fingerprint density at radius 1 is 1.39 bits per heavy atom. The summed E-state index contributed by atoms with van der Waals surface area (Å²) in [6, 6.07) is 8.15. The van der Waals surface area contributed by atoms with Gasteiger partial charge >= 0.3 is 0 Å². The van der Waals surface area contributed by atoms with E-state index in [-0.39, 0.29) is 11.9 Å². The third-order valence-corrected chi connectivity index (χ3v) is 4.12. The Morgan fingerprint density at radius 3 is 2.65 bits per heavy atom. The van der Waals surface area contributed by atoms with Gasteiger partial charge < -0.3 is 9.84 Å². The molecule has 0 spiro atoms. The molecular formula is C17H22N4O2. The largest absolute Gasteiger partial charge is 0.349 e. The molecule has 1 aromatic carbocycles. The number of nitrogens with one attached hydrogen (secondary N) is 1. The highest BCUT2D eigenvalue weighted by atomic mass is 16.5. The van der Waals surface area contributed by atoms with Crippen LogP contribution in [-0.2, 0) is 6.54 Å². The summed E-state index contributed by atoms with van der Waals surface area (Å²) < 4.78 is 5.22. The molecular weight excluding hydrogens is 292 g/mol. The first-order valence-electron chi connectivity index (χ1n) is 7.93. The average molecular weight is 314 g/mol. The van der Waals surface area contributed by atoms with Crippen LogP contribution in [0.4, 0.5) is 0 Å². The van der Waals surface area contributed by atoms with E-state index in [1.807, 2.05) is 45.2 Å². The van der Waals surface area contributed by atoms with E-state index in [4.69, 9.17) is 4.52 Å². The molecule has 1 aliphatic carbocycles. The molecule has 6 heteroatoms. The van der Waals surface area contributed by atoms with Crippen LogP contribution in [0.5, 0.6) is 0 Å². The lowest BCUT2D eigenvalue weighted by Crippen LogP contribution is -2.25. The summed E-state index contributed by atoms with van der Waals surface area (Å²) in [7, 11) is 2.01. The fourth-order valence-corrected chi connectivity index (χ4v) is 2.35. The summed E-state index contributed by atoms with van der Waals surface area (Å²) in [5.74, 6) is 1.28. The van der Waals surface area contributed by atoms with Crippen molar-refractivity contribution < 1.29 is 9.32 Å². The SMILES string of the molecule is Cc1noc(C(C)N(C)Cc2ccc(C(=O)NC3CC3)cc2)n1. The van der Waals surface area contributed by atoms with Crippen molar-refractivity contribution in [1.29, 1.82) is 0 Å². The maximum Gasteiger partial charge on any atom is 0.251 e. The van der Waals surface area contributed by atoms with E-state index >= 15 is 0 Å². The Bertz CT molecular complexity index is 676. The molecule has 0 radical (unpaired) electrons. The molecule has 6 nitrogen and oxygen atoms in total. The van der Waals surface area contributed by atoms with Crippen LogP contribution in [0.2, 0.25) is 0 Å². The van der Waals surface area contributed by atoms with Crippen molar-refractivity contribution in [3.63, 3.8) is 0 Å². The molecule has 3 rings (SSSR count). The van der Waals surface area contributed by atoms with Crippen molar-refractivity contribution in [3.05, 3.63) is 47.1 Å². The molecule has 0 bridgehead atoms. The Morgan fingerprint density at radius 2 is 2.09 bits per heavy atom. The monoisotopic (exact) mass is 314 g/mol. The number of rotatable bonds is 6. The Labute approximate surface area is 135 Å². The number of nitrogens with zero attached hydrogens (tertiary/aromatic N) is 3. The van der Waals surface area contributed by atoms with Gasteiger partial charge in [0.25, 0.3) is 5.91 Å². The van der Waals surface area contributed by atoms with Gasteiger partial charge in [-0.25, -0.2) is 0 Å². The number of benzene rings is 1. The van der Waals surface area contributed by atoms with Crippen LogP contribution in [0.25, 0.3) is 0 Å². The average Bonchev–Trinajstić information content (AvgIpc) is 3.25. The van der Waals surface area contributed by atoms with Gasteiger partial charge in [0.15, 0.2) is 5.82 Å². The summed E-state index contributed by atoms with van der Waals surface area (Å²) in [6.45, 7) is 4.59. The molecule has 1 heterocycles. The van der Waals surface area contributed by atoms with Crippen LogP contribution in [-0.4, -0.2) is 34.0 Å². The molecule has 0 saturated heterocycles. The molecule has 23 heavy (non-hydrogen) atoms.